The van der Waals surface area contributed by atoms with Crippen LogP contribution in [0.5, 0.6) is 0 Å². The second-order valence-electron chi connectivity index (χ2n) is 5.37. The lowest BCUT2D eigenvalue weighted by Gasteiger charge is -2.28. The van der Waals surface area contributed by atoms with Crippen molar-refractivity contribution < 1.29 is 4.79 Å². The number of amides is 1. The van der Waals surface area contributed by atoms with Crippen LogP contribution < -0.4 is 11.1 Å². The Morgan fingerprint density at radius 2 is 2.26 bits per heavy atom. The zero-order valence-corrected chi connectivity index (χ0v) is 11.8. The van der Waals surface area contributed by atoms with Crippen molar-refractivity contribution >= 4 is 11.6 Å². The molecule has 1 amide bonds. The third kappa shape index (κ3) is 3.70. The van der Waals surface area contributed by atoms with E-state index in [1.54, 1.807) is 0 Å². The zero-order valence-electron chi connectivity index (χ0n) is 11.8. The molecule has 4 heteroatoms. The van der Waals surface area contributed by atoms with Crippen LogP contribution in [-0.4, -0.2) is 29.9 Å². The van der Waals surface area contributed by atoms with Gasteiger partial charge in [0.15, 0.2) is 0 Å². The van der Waals surface area contributed by atoms with Crippen LogP contribution in [0.4, 0.5) is 5.69 Å². The molecule has 1 atom stereocenters. The minimum absolute atomic E-state index is 0.113. The second kappa shape index (κ2) is 6.06. The van der Waals surface area contributed by atoms with E-state index in [1.165, 1.54) is 11.1 Å². The van der Waals surface area contributed by atoms with Crippen LogP contribution in [0.3, 0.4) is 0 Å². The van der Waals surface area contributed by atoms with Gasteiger partial charge in [-0.1, -0.05) is 13.0 Å². The molecule has 4 nitrogen and oxygen atoms in total. The molecule has 0 fully saturated rings. The third-order valence-electron chi connectivity index (χ3n) is 3.71. The van der Waals surface area contributed by atoms with Gasteiger partial charge in [-0.3, -0.25) is 9.69 Å². The summed E-state index contributed by atoms with van der Waals surface area (Å²) in [6.45, 7) is 6.33. The molecular weight excluding hydrogens is 238 g/mol. The van der Waals surface area contributed by atoms with E-state index in [1.807, 2.05) is 19.1 Å². The number of nitrogen functional groups attached to an aromatic ring is 1. The Balaban J connectivity index is 1.93. The highest BCUT2D eigenvalue weighted by Crippen LogP contribution is 2.20. The molecule has 0 aliphatic carbocycles. The standard InChI is InChI=1S/C15H23N3O/c1-3-11(2)17-15(19)10-18-7-6-12-4-5-14(16)8-13(12)9-18/h4-5,8,11H,3,6-7,9-10,16H2,1-2H3,(H,17,19). The van der Waals surface area contributed by atoms with E-state index in [0.29, 0.717) is 6.54 Å². The van der Waals surface area contributed by atoms with E-state index in [0.717, 1.165) is 31.6 Å². The maximum absolute atomic E-state index is 11.9. The summed E-state index contributed by atoms with van der Waals surface area (Å²) in [5, 5.41) is 3.01. The molecule has 0 aromatic heterocycles. The van der Waals surface area contributed by atoms with Gasteiger partial charge in [-0.2, -0.15) is 0 Å². The highest BCUT2D eigenvalue weighted by molar-refractivity contribution is 5.78. The molecule has 1 heterocycles. The second-order valence-corrected chi connectivity index (χ2v) is 5.37. The predicted molar refractivity (Wildman–Crippen MR) is 77.7 cm³/mol. The van der Waals surface area contributed by atoms with Crippen LogP contribution in [0.15, 0.2) is 18.2 Å². The number of nitrogens with zero attached hydrogens (tertiary/aromatic N) is 1. The van der Waals surface area contributed by atoms with Gasteiger partial charge in [0.25, 0.3) is 0 Å². The molecule has 0 saturated carbocycles. The van der Waals surface area contributed by atoms with E-state index < -0.39 is 0 Å². The van der Waals surface area contributed by atoms with Gasteiger partial charge >= 0.3 is 0 Å². The number of fused-ring (bicyclic) bond motifs is 1. The van der Waals surface area contributed by atoms with Crippen molar-refractivity contribution in [2.45, 2.75) is 39.3 Å². The average Bonchev–Trinajstić information content (AvgIpc) is 2.37. The van der Waals surface area contributed by atoms with Crippen molar-refractivity contribution in [3.8, 4) is 0 Å². The SMILES string of the molecule is CCC(C)NC(=O)CN1CCc2ccc(N)cc2C1. The van der Waals surface area contributed by atoms with Gasteiger partial charge < -0.3 is 11.1 Å². The average molecular weight is 261 g/mol. The molecule has 2 rings (SSSR count). The lowest BCUT2D eigenvalue weighted by molar-refractivity contribution is -0.123. The van der Waals surface area contributed by atoms with E-state index in [4.69, 9.17) is 5.73 Å². The summed E-state index contributed by atoms with van der Waals surface area (Å²) in [7, 11) is 0. The van der Waals surface area contributed by atoms with Gasteiger partial charge in [0, 0.05) is 24.8 Å². The smallest absolute Gasteiger partial charge is 0.234 e. The van der Waals surface area contributed by atoms with E-state index in [2.05, 4.69) is 23.2 Å². The summed E-state index contributed by atoms with van der Waals surface area (Å²) in [4.78, 5) is 14.1. The highest BCUT2D eigenvalue weighted by Gasteiger charge is 2.18. The first-order valence-electron chi connectivity index (χ1n) is 6.97. The molecule has 1 aliphatic rings. The number of rotatable bonds is 4. The Bertz CT molecular complexity index is 459. The number of nitrogens with two attached hydrogens (primary N) is 1. The Morgan fingerprint density at radius 1 is 1.47 bits per heavy atom. The zero-order chi connectivity index (χ0) is 13.8. The van der Waals surface area contributed by atoms with Crippen LogP contribution in [0, 0.1) is 0 Å². The first-order chi connectivity index (χ1) is 9.08. The molecule has 0 saturated heterocycles. The summed E-state index contributed by atoms with van der Waals surface area (Å²) in [6.07, 6.45) is 1.96. The van der Waals surface area contributed by atoms with Gasteiger partial charge in [-0.25, -0.2) is 0 Å². The highest BCUT2D eigenvalue weighted by atomic mass is 16.2. The fourth-order valence-corrected chi connectivity index (χ4v) is 2.40. The normalized spacial score (nSPS) is 16.7. The lowest BCUT2D eigenvalue weighted by atomic mass is 9.99. The molecule has 1 aromatic carbocycles. The van der Waals surface area contributed by atoms with Crippen molar-refractivity contribution in [1.29, 1.82) is 0 Å². The van der Waals surface area contributed by atoms with Crippen LogP contribution in [0.2, 0.25) is 0 Å². The molecule has 19 heavy (non-hydrogen) atoms. The van der Waals surface area contributed by atoms with Crippen molar-refractivity contribution in [1.82, 2.24) is 10.2 Å². The Hall–Kier alpha value is -1.55. The lowest BCUT2D eigenvalue weighted by Crippen LogP contribution is -2.42. The summed E-state index contributed by atoms with van der Waals surface area (Å²) >= 11 is 0. The van der Waals surface area contributed by atoms with Crippen LogP contribution >= 0.6 is 0 Å². The number of carbonyl (C=O) groups is 1. The topological polar surface area (TPSA) is 58.4 Å². The van der Waals surface area contributed by atoms with Crippen LogP contribution in [0.25, 0.3) is 0 Å². The molecular formula is C15H23N3O. The van der Waals surface area contributed by atoms with Crippen molar-refractivity contribution in [2.75, 3.05) is 18.8 Å². The maximum Gasteiger partial charge on any atom is 0.234 e. The van der Waals surface area contributed by atoms with Gasteiger partial charge in [-0.15, -0.1) is 0 Å². The van der Waals surface area contributed by atoms with Crippen LogP contribution in [-0.2, 0) is 17.8 Å². The summed E-state index contributed by atoms with van der Waals surface area (Å²) in [6, 6.07) is 6.32. The minimum atomic E-state index is 0.113. The Morgan fingerprint density at radius 3 is 3.00 bits per heavy atom. The minimum Gasteiger partial charge on any atom is -0.399 e. The Kier molecular flexibility index (Phi) is 4.43. The number of carbonyl (C=O) groups excluding carboxylic acids is 1. The third-order valence-corrected chi connectivity index (χ3v) is 3.71. The van der Waals surface area contributed by atoms with Crippen molar-refractivity contribution in [3.63, 3.8) is 0 Å². The number of hydrogen-bond acceptors (Lipinski definition) is 3. The fraction of sp³-hybridized carbons (Fsp3) is 0.533. The van der Waals surface area contributed by atoms with E-state index in [-0.39, 0.29) is 11.9 Å². The van der Waals surface area contributed by atoms with Gasteiger partial charge in [0.1, 0.15) is 0 Å². The first kappa shape index (κ1) is 13.9. The summed E-state index contributed by atoms with van der Waals surface area (Å²) in [5.41, 5.74) is 9.22. The molecule has 0 bridgehead atoms. The molecule has 1 aromatic rings. The molecule has 1 aliphatic heterocycles. The Labute approximate surface area is 115 Å². The summed E-state index contributed by atoms with van der Waals surface area (Å²) in [5.74, 6) is 0.113. The van der Waals surface area contributed by atoms with Crippen molar-refractivity contribution in [2.24, 2.45) is 0 Å². The maximum atomic E-state index is 11.9. The van der Waals surface area contributed by atoms with Gasteiger partial charge in [0.2, 0.25) is 5.91 Å². The number of hydrogen-bond donors (Lipinski definition) is 2. The quantitative estimate of drug-likeness (QED) is 0.808. The number of anilines is 1. The fourth-order valence-electron chi connectivity index (χ4n) is 2.40. The molecule has 104 valence electrons. The van der Waals surface area contributed by atoms with Crippen LogP contribution in [0.1, 0.15) is 31.4 Å². The van der Waals surface area contributed by atoms with Gasteiger partial charge in [-0.05, 0) is 43.0 Å². The van der Waals surface area contributed by atoms with E-state index in [9.17, 15) is 4.79 Å². The van der Waals surface area contributed by atoms with Crippen molar-refractivity contribution in [3.05, 3.63) is 29.3 Å². The molecule has 0 radical (unpaired) electrons. The molecule has 1 unspecified atom stereocenters. The molecule has 3 N–H and O–H groups in total. The monoisotopic (exact) mass is 261 g/mol. The largest absolute Gasteiger partial charge is 0.399 e. The predicted octanol–water partition coefficient (Wildman–Crippen LogP) is 1.54. The van der Waals surface area contributed by atoms with Gasteiger partial charge in [0.05, 0.1) is 6.54 Å². The molecule has 0 spiro atoms. The van der Waals surface area contributed by atoms with E-state index >= 15 is 0 Å². The number of nitrogens with one attached hydrogen (secondary N) is 1. The number of benzene rings is 1. The summed E-state index contributed by atoms with van der Waals surface area (Å²) < 4.78 is 0. The first-order valence-corrected chi connectivity index (χ1v) is 6.97.